The molecule has 1 aliphatic heterocycles. The number of imidazole rings is 1. The molecule has 1 saturated heterocycles. The van der Waals surface area contributed by atoms with E-state index in [2.05, 4.69) is 40.1 Å². The standard InChI is InChI=1S/C21H30N4O/c1-14-6-5-9-17(15(14)2)22-20(26)16-10-12-25(13-11-16)21-23-18-7-3-4-8-19(18)24-21/h3-4,7-8,14-17H,5-6,9-13H2,1-2H3,(H,22,26)(H,23,24)/t14-,15+,17+/m1/s1. The molecule has 2 fully saturated rings. The molecular weight excluding hydrogens is 324 g/mol. The van der Waals surface area contributed by atoms with Crippen molar-refractivity contribution in [2.45, 2.75) is 52.0 Å². The van der Waals surface area contributed by atoms with E-state index in [0.29, 0.717) is 17.9 Å². The van der Waals surface area contributed by atoms with Gasteiger partial charge in [0, 0.05) is 25.0 Å². The summed E-state index contributed by atoms with van der Waals surface area (Å²) in [6.07, 6.45) is 5.47. The van der Waals surface area contributed by atoms with Crippen LogP contribution in [0, 0.1) is 17.8 Å². The maximum Gasteiger partial charge on any atom is 0.223 e. The second-order valence-corrected chi connectivity index (χ2v) is 8.22. The number of rotatable bonds is 3. The number of piperidine rings is 1. The number of hydrogen-bond donors (Lipinski definition) is 2. The average Bonchev–Trinajstić information content (AvgIpc) is 3.10. The Hall–Kier alpha value is -2.04. The number of hydrogen-bond acceptors (Lipinski definition) is 3. The lowest BCUT2D eigenvalue weighted by Crippen LogP contribution is -2.48. The first-order valence-electron chi connectivity index (χ1n) is 10.1. The fourth-order valence-electron chi connectivity index (χ4n) is 4.53. The summed E-state index contributed by atoms with van der Waals surface area (Å²) >= 11 is 0. The highest BCUT2D eigenvalue weighted by molar-refractivity contribution is 5.80. The number of aromatic amines is 1. The number of benzene rings is 1. The average molecular weight is 354 g/mol. The predicted molar refractivity (Wildman–Crippen MR) is 105 cm³/mol. The Morgan fingerprint density at radius 1 is 1.15 bits per heavy atom. The number of carbonyl (C=O) groups is 1. The third-order valence-corrected chi connectivity index (χ3v) is 6.58. The van der Waals surface area contributed by atoms with Crippen molar-refractivity contribution >= 4 is 22.9 Å². The Bertz CT molecular complexity index is 729. The molecule has 5 heteroatoms. The molecule has 1 amide bonds. The molecule has 3 atom stereocenters. The first-order valence-corrected chi connectivity index (χ1v) is 10.1. The van der Waals surface area contributed by atoms with Crippen molar-refractivity contribution < 1.29 is 4.79 Å². The van der Waals surface area contributed by atoms with Gasteiger partial charge in [-0.05, 0) is 43.2 Å². The first kappa shape index (κ1) is 17.4. The molecule has 2 N–H and O–H groups in total. The van der Waals surface area contributed by atoms with Gasteiger partial charge in [-0.3, -0.25) is 4.79 Å². The van der Waals surface area contributed by atoms with Crippen LogP contribution in [0.5, 0.6) is 0 Å². The third kappa shape index (κ3) is 3.44. The Morgan fingerprint density at radius 3 is 2.69 bits per heavy atom. The normalized spacial score (nSPS) is 27.6. The van der Waals surface area contributed by atoms with E-state index in [9.17, 15) is 4.79 Å². The molecular formula is C21H30N4O. The van der Waals surface area contributed by atoms with Crippen molar-refractivity contribution in [3.63, 3.8) is 0 Å². The van der Waals surface area contributed by atoms with E-state index in [1.54, 1.807) is 0 Å². The van der Waals surface area contributed by atoms with Gasteiger partial charge in [-0.15, -0.1) is 0 Å². The molecule has 0 spiro atoms. The number of para-hydroxylation sites is 2. The zero-order valence-corrected chi connectivity index (χ0v) is 15.9. The van der Waals surface area contributed by atoms with Gasteiger partial charge in [0.15, 0.2) is 0 Å². The number of H-pyrrole nitrogens is 1. The Balaban J connectivity index is 1.33. The lowest BCUT2D eigenvalue weighted by molar-refractivity contribution is -0.127. The summed E-state index contributed by atoms with van der Waals surface area (Å²) in [5.41, 5.74) is 2.07. The topological polar surface area (TPSA) is 61.0 Å². The zero-order chi connectivity index (χ0) is 18.1. The molecule has 1 aromatic heterocycles. The second kappa shape index (κ2) is 7.29. The molecule has 0 radical (unpaired) electrons. The molecule has 5 nitrogen and oxygen atoms in total. The van der Waals surface area contributed by atoms with E-state index in [1.807, 2.05) is 18.2 Å². The first-order chi connectivity index (χ1) is 12.6. The molecule has 0 unspecified atom stereocenters. The third-order valence-electron chi connectivity index (χ3n) is 6.58. The summed E-state index contributed by atoms with van der Waals surface area (Å²) in [5.74, 6) is 2.63. The maximum atomic E-state index is 12.7. The molecule has 2 aromatic rings. The number of nitrogens with one attached hydrogen (secondary N) is 2. The number of carbonyl (C=O) groups excluding carboxylic acids is 1. The van der Waals surface area contributed by atoms with Crippen LogP contribution in [-0.4, -0.2) is 35.0 Å². The van der Waals surface area contributed by atoms with Crippen molar-refractivity contribution in [2.75, 3.05) is 18.0 Å². The summed E-state index contributed by atoms with van der Waals surface area (Å²) < 4.78 is 0. The molecule has 1 aromatic carbocycles. The van der Waals surface area contributed by atoms with Gasteiger partial charge in [-0.1, -0.05) is 38.8 Å². The van der Waals surface area contributed by atoms with Crippen molar-refractivity contribution in [2.24, 2.45) is 17.8 Å². The smallest absolute Gasteiger partial charge is 0.223 e. The van der Waals surface area contributed by atoms with E-state index in [0.717, 1.165) is 49.3 Å². The van der Waals surface area contributed by atoms with E-state index < -0.39 is 0 Å². The van der Waals surface area contributed by atoms with Crippen LogP contribution in [-0.2, 0) is 4.79 Å². The van der Waals surface area contributed by atoms with Crippen molar-refractivity contribution in [1.29, 1.82) is 0 Å². The highest BCUT2D eigenvalue weighted by Gasteiger charge is 2.32. The molecule has 140 valence electrons. The molecule has 1 aliphatic carbocycles. The quantitative estimate of drug-likeness (QED) is 0.883. The van der Waals surface area contributed by atoms with Gasteiger partial charge in [-0.2, -0.15) is 0 Å². The zero-order valence-electron chi connectivity index (χ0n) is 15.9. The molecule has 0 bridgehead atoms. The van der Waals surface area contributed by atoms with E-state index in [1.165, 1.54) is 12.8 Å². The van der Waals surface area contributed by atoms with Crippen LogP contribution in [0.25, 0.3) is 11.0 Å². The number of amides is 1. The number of anilines is 1. The van der Waals surface area contributed by atoms with E-state index in [-0.39, 0.29) is 11.8 Å². The minimum atomic E-state index is 0.139. The van der Waals surface area contributed by atoms with Gasteiger partial charge < -0.3 is 15.2 Å². The van der Waals surface area contributed by atoms with Crippen LogP contribution in [0.2, 0.25) is 0 Å². The van der Waals surface area contributed by atoms with Crippen LogP contribution in [0.1, 0.15) is 46.0 Å². The molecule has 26 heavy (non-hydrogen) atoms. The van der Waals surface area contributed by atoms with Crippen LogP contribution >= 0.6 is 0 Å². The fourth-order valence-corrected chi connectivity index (χ4v) is 4.53. The van der Waals surface area contributed by atoms with Crippen LogP contribution in [0.15, 0.2) is 24.3 Å². The monoisotopic (exact) mass is 354 g/mol. The minimum Gasteiger partial charge on any atom is -0.353 e. The SMILES string of the molecule is C[C@H]1[C@H](C)CCC[C@@H]1NC(=O)C1CCN(c2nc3ccccc3[nH]2)CC1. The molecule has 2 aliphatic rings. The summed E-state index contributed by atoms with van der Waals surface area (Å²) in [4.78, 5) is 23.1. The Labute approximate surface area is 155 Å². The highest BCUT2D eigenvalue weighted by atomic mass is 16.2. The highest BCUT2D eigenvalue weighted by Crippen LogP contribution is 2.30. The Morgan fingerprint density at radius 2 is 1.92 bits per heavy atom. The number of fused-ring (bicyclic) bond motifs is 1. The largest absolute Gasteiger partial charge is 0.353 e. The van der Waals surface area contributed by atoms with Gasteiger partial charge in [0.25, 0.3) is 0 Å². The Kier molecular flexibility index (Phi) is 4.88. The fraction of sp³-hybridized carbons (Fsp3) is 0.619. The van der Waals surface area contributed by atoms with Crippen LogP contribution < -0.4 is 10.2 Å². The summed E-state index contributed by atoms with van der Waals surface area (Å²) in [5, 5.41) is 3.36. The number of aromatic nitrogens is 2. The molecule has 1 saturated carbocycles. The van der Waals surface area contributed by atoms with Crippen molar-refractivity contribution in [3.05, 3.63) is 24.3 Å². The van der Waals surface area contributed by atoms with Gasteiger partial charge >= 0.3 is 0 Å². The molecule has 2 heterocycles. The lowest BCUT2D eigenvalue weighted by atomic mass is 9.78. The number of nitrogens with zero attached hydrogens (tertiary/aromatic N) is 2. The summed E-state index contributed by atoms with van der Waals surface area (Å²) in [6.45, 7) is 6.37. The van der Waals surface area contributed by atoms with Crippen LogP contribution in [0.4, 0.5) is 5.95 Å². The van der Waals surface area contributed by atoms with E-state index >= 15 is 0 Å². The van der Waals surface area contributed by atoms with Gasteiger partial charge in [-0.25, -0.2) is 4.98 Å². The van der Waals surface area contributed by atoms with Gasteiger partial charge in [0.2, 0.25) is 11.9 Å². The minimum absolute atomic E-state index is 0.139. The van der Waals surface area contributed by atoms with Crippen molar-refractivity contribution in [1.82, 2.24) is 15.3 Å². The predicted octanol–water partition coefficient (Wildman–Crippen LogP) is 3.72. The van der Waals surface area contributed by atoms with Crippen molar-refractivity contribution in [3.8, 4) is 0 Å². The maximum absolute atomic E-state index is 12.7. The van der Waals surface area contributed by atoms with Gasteiger partial charge in [0.1, 0.15) is 0 Å². The lowest BCUT2D eigenvalue weighted by Gasteiger charge is -2.37. The summed E-state index contributed by atoms with van der Waals surface area (Å²) in [6, 6.07) is 8.48. The molecule has 4 rings (SSSR count). The summed E-state index contributed by atoms with van der Waals surface area (Å²) in [7, 11) is 0. The van der Waals surface area contributed by atoms with Gasteiger partial charge in [0.05, 0.1) is 11.0 Å². The second-order valence-electron chi connectivity index (χ2n) is 8.22. The van der Waals surface area contributed by atoms with Crippen LogP contribution in [0.3, 0.4) is 0 Å². The van der Waals surface area contributed by atoms with E-state index in [4.69, 9.17) is 0 Å².